The highest BCUT2D eigenvalue weighted by Gasteiger charge is 2.18. The van der Waals surface area contributed by atoms with Crippen LogP contribution >= 0.6 is 23.2 Å². The number of hydrogen-bond acceptors (Lipinski definition) is 2. The van der Waals surface area contributed by atoms with E-state index in [9.17, 15) is 0 Å². The van der Waals surface area contributed by atoms with Crippen LogP contribution < -0.4 is 4.90 Å². The van der Waals surface area contributed by atoms with E-state index in [1.54, 1.807) is 0 Å². The van der Waals surface area contributed by atoms with Crippen molar-refractivity contribution in [3.8, 4) is 0 Å². The molecule has 19 heavy (non-hydrogen) atoms. The molecule has 1 aromatic carbocycles. The van der Waals surface area contributed by atoms with Crippen LogP contribution in [-0.2, 0) is 7.05 Å². The first kappa shape index (κ1) is 14.5. The van der Waals surface area contributed by atoms with Gasteiger partial charge in [-0.1, -0.05) is 25.4 Å². The van der Waals surface area contributed by atoms with Gasteiger partial charge in [-0.05, 0) is 36.6 Å². The molecule has 0 unspecified atom stereocenters. The summed E-state index contributed by atoms with van der Waals surface area (Å²) in [6.07, 6.45) is 0. The van der Waals surface area contributed by atoms with Crippen molar-refractivity contribution in [1.29, 1.82) is 0 Å². The summed E-state index contributed by atoms with van der Waals surface area (Å²) in [5.74, 6) is 0.565. The molecule has 0 saturated heterocycles. The Morgan fingerprint density at radius 1 is 1.32 bits per heavy atom. The van der Waals surface area contributed by atoms with Gasteiger partial charge in [-0.3, -0.25) is 0 Å². The number of hydrogen-bond donors (Lipinski definition) is 0. The second-order valence-corrected chi connectivity index (χ2v) is 5.88. The summed E-state index contributed by atoms with van der Waals surface area (Å²) in [6.45, 7) is 8.40. The van der Waals surface area contributed by atoms with Gasteiger partial charge >= 0.3 is 0 Å². The van der Waals surface area contributed by atoms with E-state index >= 15 is 0 Å². The van der Waals surface area contributed by atoms with E-state index in [1.165, 1.54) is 0 Å². The van der Waals surface area contributed by atoms with Gasteiger partial charge in [0, 0.05) is 20.1 Å². The molecule has 0 bridgehead atoms. The summed E-state index contributed by atoms with van der Waals surface area (Å²) < 4.78 is 1.89. The summed E-state index contributed by atoms with van der Waals surface area (Å²) in [4.78, 5) is 6.64. The molecular formula is C14H19Cl2N3. The minimum atomic E-state index is 0.485. The lowest BCUT2D eigenvalue weighted by molar-refractivity contribution is 0.619. The minimum absolute atomic E-state index is 0.485. The average Bonchev–Trinajstić information content (AvgIpc) is 2.63. The molecule has 1 aromatic heterocycles. The number of nitrogens with zero attached hydrogens (tertiary/aromatic N) is 3. The lowest BCUT2D eigenvalue weighted by Crippen LogP contribution is -2.28. The number of aromatic nitrogens is 2. The third-order valence-corrected chi connectivity index (χ3v) is 3.83. The molecule has 0 atom stereocenters. The number of imidazole rings is 1. The molecule has 3 nitrogen and oxygen atoms in total. The van der Waals surface area contributed by atoms with E-state index in [1.807, 2.05) is 23.7 Å². The van der Waals surface area contributed by atoms with E-state index in [0.29, 0.717) is 11.2 Å². The Morgan fingerprint density at radius 3 is 2.58 bits per heavy atom. The maximum atomic E-state index is 6.42. The molecule has 0 N–H and O–H groups in total. The predicted octanol–water partition coefficient (Wildman–Crippen LogP) is 4.36. The Hall–Kier alpha value is -0.930. The van der Waals surface area contributed by atoms with Gasteiger partial charge in [0.1, 0.15) is 0 Å². The lowest BCUT2D eigenvalue weighted by atomic mass is 10.1. The molecule has 1 heterocycles. The fraction of sp³-hybridized carbons (Fsp3) is 0.500. The number of anilines is 1. The third kappa shape index (κ3) is 2.67. The number of halogens is 2. The van der Waals surface area contributed by atoms with Gasteiger partial charge in [0.05, 0.1) is 21.7 Å². The van der Waals surface area contributed by atoms with Gasteiger partial charge in [-0.25, -0.2) is 4.98 Å². The zero-order chi connectivity index (χ0) is 14.2. The zero-order valence-electron chi connectivity index (χ0n) is 11.7. The van der Waals surface area contributed by atoms with Gasteiger partial charge in [-0.15, -0.1) is 0 Å². The lowest BCUT2D eigenvalue weighted by Gasteiger charge is -2.27. The van der Waals surface area contributed by atoms with Crippen LogP contribution in [0, 0.1) is 5.92 Å². The fourth-order valence-corrected chi connectivity index (χ4v) is 2.80. The van der Waals surface area contributed by atoms with Crippen LogP contribution in [0.3, 0.4) is 0 Å². The van der Waals surface area contributed by atoms with E-state index in [0.717, 1.165) is 34.8 Å². The molecule has 0 aliphatic rings. The number of rotatable bonds is 4. The smallest absolute Gasteiger partial charge is 0.203 e. The van der Waals surface area contributed by atoms with E-state index in [-0.39, 0.29) is 0 Å². The summed E-state index contributed by atoms with van der Waals surface area (Å²) >= 11 is 12.5. The molecule has 0 amide bonds. The minimum Gasteiger partial charge on any atom is -0.369 e. The SMILES string of the molecule is CCN(CC(C)C)c1c(Cl)ccc2nc(Cl)n(C)c12. The normalized spacial score (nSPS) is 11.5. The van der Waals surface area contributed by atoms with Gasteiger partial charge < -0.3 is 9.47 Å². The quantitative estimate of drug-likeness (QED) is 0.836. The molecule has 0 spiro atoms. The Morgan fingerprint density at radius 2 is 2.00 bits per heavy atom. The van der Waals surface area contributed by atoms with Gasteiger partial charge in [0.25, 0.3) is 0 Å². The predicted molar refractivity (Wildman–Crippen MR) is 83.5 cm³/mol. The molecule has 104 valence electrons. The highest BCUT2D eigenvalue weighted by atomic mass is 35.5. The first-order valence-electron chi connectivity index (χ1n) is 6.51. The number of benzene rings is 1. The average molecular weight is 300 g/mol. The standard InChI is InChI=1S/C14H19Cl2N3/c1-5-19(8-9(2)3)12-10(15)6-7-11-13(12)18(4)14(16)17-11/h6-7,9H,5,8H2,1-4H3. The Labute approximate surface area is 124 Å². The fourth-order valence-electron chi connectivity index (χ4n) is 2.35. The van der Waals surface area contributed by atoms with Crippen LogP contribution in [0.1, 0.15) is 20.8 Å². The highest BCUT2D eigenvalue weighted by Crippen LogP contribution is 2.35. The molecule has 0 fully saturated rings. The molecule has 2 aromatic rings. The summed E-state index contributed by atoms with van der Waals surface area (Å²) in [5.41, 5.74) is 2.91. The van der Waals surface area contributed by atoms with Gasteiger partial charge in [-0.2, -0.15) is 0 Å². The monoisotopic (exact) mass is 299 g/mol. The van der Waals surface area contributed by atoms with Crippen LogP contribution in [0.4, 0.5) is 5.69 Å². The van der Waals surface area contributed by atoms with Crippen LogP contribution in [0.15, 0.2) is 12.1 Å². The van der Waals surface area contributed by atoms with Crippen LogP contribution in [0.5, 0.6) is 0 Å². The number of aryl methyl sites for hydroxylation is 1. The summed E-state index contributed by atoms with van der Waals surface area (Å²) in [6, 6.07) is 3.81. The number of fused-ring (bicyclic) bond motifs is 1. The molecular weight excluding hydrogens is 281 g/mol. The van der Waals surface area contributed by atoms with Crippen molar-refractivity contribution in [2.45, 2.75) is 20.8 Å². The first-order valence-corrected chi connectivity index (χ1v) is 7.26. The Bertz CT molecular complexity index is 590. The molecule has 0 aliphatic carbocycles. The van der Waals surface area contributed by atoms with Crippen molar-refractivity contribution in [3.63, 3.8) is 0 Å². The van der Waals surface area contributed by atoms with Crippen LogP contribution in [0.2, 0.25) is 10.3 Å². The van der Waals surface area contributed by atoms with E-state index < -0.39 is 0 Å². The van der Waals surface area contributed by atoms with Crippen molar-refractivity contribution in [1.82, 2.24) is 9.55 Å². The van der Waals surface area contributed by atoms with Crippen molar-refractivity contribution in [2.75, 3.05) is 18.0 Å². The topological polar surface area (TPSA) is 21.1 Å². The summed E-state index contributed by atoms with van der Waals surface area (Å²) in [7, 11) is 1.92. The zero-order valence-corrected chi connectivity index (χ0v) is 13.3. The maximum absolute atomic E-state index is 6.42. The van der Waals surface area contributed by atoms with Crippen molar-refractivity contribution in [2.24, 2.45) is 13.0 Å². The molecule has 0 saturated carbocycles. The second kappa shape index (κ2) is 5.59. The van der Waals surface area contributed by atoms with Crippen molar-refractivity contribution < 1.29 is 0 Å². The highest BCUT2D eigenvalue weighted by molar-refractivity contribution is 6.35. The Kier molecular flexibility index (Phi) is 4.26. The van der Waals surface area contributed by atoms with E-state index in [2.05, 4.69) is 30.7 Å². The first-order chi connectivity index (χ1) is 8.95. The maximum Gasteiger partial charge on any atom is 0.203 e. The van der Waals surface area contributed by atoms with Gasteiger partial charge in [0.15, 0.2) is 0 Å². The molecule has 0 radical (unpaired) electrons. The molecule has 5 heteroatoms. The van der Waals surface area contributed by atoms with Crippen molar-refractivity contribution in [3.05, 3.63) is 22.4 Å². The molecule has 0 aliphatic heterocycles. The van der Waals surface area contributed by atoms with Crippen LogP contribution in [-0.4, -0.2) is 22.6 Å². The third-order valence-electron chi connectivity index (χ3n) is 3.19. The Balaban J connectivity index is 2.65. The summed E-state index contributed by atoms with van der Waals surface area (Å²) in [5, 5.41) is 1.23. The largest absolute Gasteiger partial charge is 0.369 e. The second-order valence-electron chi connectivity index (χ2n) is 5.14. The van der Waals surface area contributed by atoms with Gasteiger partial charge in [0.2, 0.25) is 5.28 Å². The molecule has 2 rings (SSSR count). The van der Waals surface area contributed by atoms with E-state index in [4.69, 9.17) is 23.2 Å². The van der Waals surface area contributed by atoms with Crippen molar-refractivity contribution >= 4 is 39.9 Å². The van der Waals surface area contributed by atoms with Crippen LogP contribution in [0.25, 0.3) is 11.0 Å².